The van der Waals surface area contributed by atoms with Crippen molar-refractivity contribution in [2.75, 3.05) is 11.4 Å². The highest BCUT2D eigenvalue weighted by Gasteiger charge is 2.64. The zero-order valence-corrected chi connectivity index (χ0v) is 13.9. The first-order valence-electron chi connectivity index (χ1n) is 8.53. The Morgan fingerprint density at radius 1 is 1.40 bits per heavy atom. The third-order valence-electron chi connectivity index (χ3n) is 6.60. The zero-order valence-electron chi connectivity index (χ0n) is 13.1. The summed E-state index contributed by atoms with van der Waals surface area (Å²) in [5.41, 5.74) is 2.97. The number of thioether (sulfide) groups is 1. The second-order valence-corrected chi connectivity index (χ2v) is 8.77. The summed E-state index contributed by atoms with van der Waals surface area (Å²) in [6, 6.07) is -0.544. The Kier molecular flexibility index (Phi) is 1.94. The summed E-state index contributed by atoms with van der Waals surface area (Å²) in [5, 5.41) is 23.6. The van der Waals surface area contributed by atoms with Crippen molar-refractivity contribution >= 4 is 40.7 Å². The fraction of sp³-hybridized carbons (Fsp3) is 0.389. The number of nitrogens with zero attached hydrogens (tertiary/aromatic N) is 3. The standard InChI is InChI=1S/C18H13N3O3S/c22-7-3-8-18-4-9(25-8)20-13-11(18)15-10-6(5-19-12(10)16(13)23)1-2-21(15)14(7)17(18)24/h3,5,9,14,17,23-24H,1-2,4H2/t9-,14-,17+,18+/m1/s1. The molecule has 0 saturated carbocycles. The SMILES string of the molecule is O=C1C=C2S[C@@H]3C[C@@]24c2c5c6c(c(O)c2=N3)N=CC=6CCN5[C@H]1[C@@H]4O. The first kappa shape index (κ1) is 13.1. The average molecular weight is 351 g/mol. The molecule has 5 aliphatic heterocycles. The average Bonchev–Trinajstić information content (AvgIpc) is 3.13. The largest absolute Gasteiger partial charge is 0.504 e. The Hall–Kier alpha value is -2.12. The summed E-state index contributed by atoms with van der Waals surface area (Å²) in [5.74, 6) is 0.0971. The number of hydrogen-bond donors (Lipinski definition) is 2. The number of ketones is 1. The van der Waals surface area contributed by atoms with E-state index in [9.17, 15) is 15.0 Å². The lowest BCUT2D eigenvalue weighted by Gasteiger charge is -2.53. The Bertz CT molecular complexity index is 1140. The lowest BCUT2D eigenvalue weighted by molar-refractivity contribution is -0.120. The second kappa shape index (κ2) is 3.68. The van der Waals surface area contributed by atoms with Crippen LogP contribution in [-0.4, -0.2) is 46.3 Å². The predicted octanol–water partition coefficient (Wildman–Crippen LogP) is 0.0126. The number of phenolic OH excluding ortho intramolecular Hbond substituents is 1. The van der Waals surface area contributed by atoms with Crippen molar-refractivity contribution in [2.24, 2.45) is 9.98 Å². The molecule has 7 heteroatoms. The van der Waals surface area contributed by atoms with Crippen molar-refractivity contribution in [2.45, 2.75) is 35.8 Å². The molecule has 124 valence electrons. The molecule has 1 aromatic carbocycles. The summed E-state index contributed by atoms with van der Waals surface area (Å²) in [4.78, 5) is 25.0. The molecule has 5 heterocycles. The summed E-state index contributed by atoms with van der Waals surface area (Å²) in [6.45, 7) is 0.675. The number of anilines is 1. The Labute approximate surface area is 146 Å². The topological polar surface area (TPSA) is 85.5 Å². The van der Waals surface area contributed by atoms with Crippen LogP contribution in [0.1, 0.15) is 18.4 Å². The van der Waals surface area contributed by atoms with E-state index in [2.05, 4.69) is 4.99 Å². The minimum absolute atomic E-state index is 0.0236. The van der Waals surface area contributed by atoms with Gasteiger partial charge in [0, 0.05) is 28.4 Å². The van der Waals surface area contributed by atoms with Gasteiger partial charge in [0.05, 0.1) is 17.2 Å². The van der Waals surface area contributed by atoms with Crippen LogP contribution in [0.5, 0.6) is 5.75 Å². The van der Waals surface area contributed by atoms with Crippen molar-refractivity contribution in [1.29, 1.82) is 0 Å². The lowest BCUT2D eigenvalue weighted by atomic mass is 9.62. The molecule has 4 atom stereocenters. The van der Waals surface area contributed by atoms with E-state index < -0.39 is 17.6 Å². The third-order valence-corrected chi connectivity index (χ3v) is 7.88. The summed E-state index contributed by atoms with van der Waals surface area (Å²) >= 11 is 1.55. The molecule has 1 saturated heterocycles. The summed E-state index contributed by atoms with van der Waals surface area (Å²) < 4.78 is 0. The fourth-order valence-corrected chi connectivity index (χ4v) is 7.14. The molecule has 1 aromatic rings. The molecule has 1 fully saturated rings. The Morgan fingerprint density at radius 2 is 2.28 bits per heavy atom. The first-order valence-corrected chi connectivity index (χ1v) is 9.41. The number of aliphatic imine (C=N–C) groups is 1. The van der Waals surface area contributed by atoms with E-state index in [1.54, 1.807) is 17.8 Å². The highest BCUT2D eigenvalue weighted by Crippen LogP contribution is 2.62. The first-order chi connectivity index (χ1) is 12.1. The van der Waals surface area contributed by atoms with Crippen LogP contribution in [0.4, 0.5) is 11.4 Å². The van der Waals surface area contributed by atoms with E-state index in [-0.39, 0.29) is 16.9 Å². The zero-order chi connectivity index (χ0) is 16.7. The number of phenols is 1. The minimum Gasteiger partial charge on any atom is -0.504 e. The number of hydrogen-bond acceptors (Lipinski definition) is 7. The maximum Gasteiger partial charge on any atom is 0.181 e. The third kappa shape index (κ3) is 1.15. The molecule has 1 aliphatic carbocycles. The van der Waals surface area contributed by atoms with E-state index in [0.717, 1.165) is 33.4 Å². The minimum atomic E-state index is -0.791. The van der Waals surface area contributed by atoms with Crippen LogP contribution in [-0.2, 0) is 10.2 Å². The monoisotopic (exact) mass is 351 g/mol. The number of carbonyl (C=O) groups excluding carboxylic acids is 1. The van der Waals surface area contributed by atoms with Gasteiger partial charge in [-0.25, -0.2) is 0 Å². The van der Waals surface area contributed by atoms with Gasteiger partial charge in [0.25, 0.3) is 0 Å². The van der Waals surface area contributed by atoms with Crippen LogP contribution >= 0.6 is 11.8 Å². The molecule has 6 aliphatic rings. The second-order valence-electron chi connectivity index (χ2n) is 7.55. The highest BCUT2D eigenvalue weighted by molar-refractivity contribution is 8.04. The molecule has 1 spiro atoms. The normalized spacial score (nSPS) is 37.4. The van der Waals surface area contributed by atoms with Crippen LogP contribution < -0.4 is 15.5 Å². The molecular formula is C18H13N3O3S. The predicted molar refractivity (Wildman–Crippen MR) is 93.0 cm³/mol. The van der Waals surface area contributed by atoms with Gasteiger partial charge in [0.1, 0.15) is 22.5 Å². The molecule has 2 N–H and O–H groups in total. The fourth-order valence-electron chi connectivity index (χ4n) is 5.64. The van der Waals surface area contributed by atoms with Gasteiger partial charge in [-0.2, -0.15) is 0 Å². The van der Waals surface area contributed by atoms with Crippen molar-refractivity contribution in [1.82, 2.24) is 0 Å². The number of aromatic hydroxyl groups is 1. The number of carbonyl (C=O) groups is 1. The van der Waals surface area contributed by atoms with Crippen LogP contribution in [0.2, 0.25) is 0 Å². The maximum absolute atomic E-state index is 12.8. The quantitative estimate of drug-likeness (QED) is 0.688. The van der Waals surface area contributed by atoms with Gasteiger partial charge >= 0.3 is 0 Å². The summed E-state index contributed by atoms with van der Waals surface area (Å²) in [7, 11) is 0. The molecule has 6 nitrogen and oxygen atoms in total. The smallest absolute Gasteiger partial charge is 0.181 e. The van der Waals surface area contributed by atoms with Crippen molar-refractivity contribution in [3.8, 4) is 5.75 Å². The van der Waals surface area contributed by atoms with E-state index >= 15 is 0 Å². The molecule has 0 amide bonds. The molecular weight excluding hydrogens is 338 g/mol. The van der Waals surface area contributed by atoms with Crippen LogP contribution in [0.15, 0.2) is 21.0 Å². The Morgan fingerprint density at radius 3 is 3.16 bits per heavy atom. The number of fused-ring (bicyclic) bond motifs is 3. The van der Waals surface area contributed by atoms with Gasteiger partial charge in [-0.05, 0) is 24.5 Å². The Balaban J connectivity index is 1.79. The molecule has 0 aromatic heterocycles. The van der Waals surface area contributed by atoms with Crippen LogP contribution in [0.25, 0.3) is 5.57 Å². The van der Waals surface area contributed by atoms with Crippen LogP contribution in [0, 0.1) is 0 Å². The van der Waals surface area contributed by atoms with Gasteiger partial charge in [0.2, 0.25) is 0 Å². The van der Waals surface area contributed by atoms with E-state index in [4.69, 9.17) is 4.99 Å². The number of rotatable bonds is 0. The summed E-state index contributed by atoms with van der Waals surface area (Å²) in [6.07, 6.45) is 4.21. The molecule has 0 radical (unpaired) electrons. The number of benzene rings is 1. The van der Waals surface area contributed by atoms with E-state index in [1.807, 2.05) is 11.1 Å². The molecule has 25 heavy (non-hydrogen) atoms. The highest BCUT2D eigenvalue weighted by atomic mass is 32.2. The van der Waals surface area contributed by atoms with Crippen molar-refractivity contribution < 1.29 is 15.0 Å². The van der Waals surface area contributed by atoms with Gasteiger partial charge < -0.3 is 15.1 Å². The molecule has 7 rings (SSSR count). The van der Waals surface area contributed by atoms with Gasteiger partial charge in [-0.3, -0.25) is 14.8 Å². The van der Waals surface area contributed by atoms with E-state index in [1.165, 1.54) is 0 Å². The van der Waals surface area contributed by atoms with Gasteiger partial charge in [-0.15, -0.1) is 11.8 Å². The van der Waals surface area contributed by atoms with E-state index in [0.29, 0.717) is 24.0 Å². The van der Waals surface area contributed by atoms with Crippen LogP contribution in [0.3, 0.4) is 0 Å². The van der Waals surface area contributed by atoms with Crippen molar-refractivity contribution in [3.05, 3.63) is 27.1 Å². The maximum atomic E-state index is 12.8. The van der Waals surface area contributed by atoms with Crippen molar-refractivity contribution in [3.63, 3.8) is 0 Å². The number of aliphatic hydroxyl groups excluding tert-OH is 1. The number of aliphatic hydroxyl groups is 1. The molecule has 0 unspecified atom stereocenters. The lowest BCUT2D eigenvalue weighted by Crippen LogP contribution is -2.67. The van der Waals surface area contributed by atoms with Gasteiger partial charge in [0.15, 0.2) is 11.5 Å². The van der Waals surface area contributed by atoms with Gasteiger partial charge in [-0.1, -0.05) is 0 Å². The molecule has 3 bridgehead atoms.